The summed E-state index contributed by atoms with van der Waals surface area (Å²) >= 11 is 0. The summed E-state index contributed by atoms with van der Waals surface area (Å²) in [5, 5.41) is 3.95. The molecule has 2 rings (SSSR count). The molecule has 1 N–H and O–H groups in total. The minimum Gasteiger partial charge on any atom is -0.272 e. The molecule has 0 bridgehead atoms. The van der Waals surface area contributed by atoms with Gasteiger partial charge >= 0.3 is 0 Å². The van der Waals surface area contributed by atoms with Crippen molar-refractivity contribution in [3.63, 3.8) is 0 Å². The summed E-state index contributed by atoms with van der Waals surface area (Å²) in [6.45, 7) is 4.00. The van der Waals surface area contributed by atoms with Crippen LogP contribution in [0.2, 0.25) is 0 Å². The Morgan fingerprint density at radius 1 is 1.21 bits per heavy atom. The Bertz CT molecular complexity index is 672. The number of benzene rings is 1. The number of hydrogen-bond acceptors (Lipinski definition) is 3. The van der Waals surface area contributed by atoms with Gasteiger partial charge in [0.2, 0.25) is 10.0 Å². The van der Waals surface area contributed by atoms with Crippen molar-refractivity contribution in [3.05, 3.63) is 47.3 Å². The van der Waals surface area contributed by atoms with Crippen LogP contribution in [0.3, 0.4) is 0 Å². The molecule has 5 nitrogen and oxygen atoms in total. The molecule has 0 fully saturated rings. The lowest BCUT2D eigenvalue weighted by Gasteiger charge is -2.06. The summed E-state index contributed by atoms with van der Waals surface area (Å²) in [5.74, 6) is 0. The molecule has 0 saturated heterocycles. The number of hydrogen-bond donors (Lipinski definition) is 1. The Morgan fingerprint density at radius 3 is 2.37 bits per heavy atom. The van der Waals surface area contributed by atoms with Crippen molar-refractivity contribution in [2.24, 2.45) is 7.05 Å². The maximum atomic E-state index is 12.1. The van der Waals surface area contributed by atoms with Crippen molar-refractivity contribution in [3.8, 4) is 0 Å². The quantitative estimate of drug-likeness (QED) is 0.922. The molecule has 1 aromatic heterocycles. The SMILES string of the molecule is Cc1ccc(CNS(=O)(=O)c2cnn(C)c2C)cc1. The Hall–Kier alpha value is -1.66. The summed E-state index contributed by atoms with van der Waals surface area (Å²) in [5.41, 5.74) is 2.70. The highest BCUT2D eigenvalue weighted by molar-refractivity contribution is 7.89. The van der Waals surface area contributed by atoms with Crippen LogP contribution in [0.15, 0.2) is 35.4 Å². The minimum absolute atomic E-state index is 0.224. The van der Waals surface area contributed by atoms with Crippen molar-refractivity contribution in [1.82, 2.24) is 14.5 Å². The lowest BCUT2D eigenvalue weighted by Crippen LogP contribution is -2.23. The van der Waals surface area contributed by atoms with Crippen molar-refractivity contribution in [2.75, 3.05) is 0 Å². The largest absolute Gasteiger partial charge is 0.272 e. The molecule has 0 radical (unpaired) electrons. The van der Waals surface area contributed by atoms with Crippen molar-refractivity contribution in [1.29, 1.82) is 0 Å². The van der Waals surface area contributed by atoms with Crippen LogP contribution in [0.25, 0.3) is 0 Å². The number of sulfonamides is 1. The van der Waals surface area contributed by atoms with Gasteiger partial charge in [-0.25, -0.2) is 13.1 Å². The highest BCUT2D eigenvalue weighted by Gasteiger charge is 2.19. The van der Waals surface area contributed by atoms with Gasteiger partial charge in [0, 0.05) is 13.6 Å². The Kier molecular flexibility index (Phi) is 3.73. The van der Waals surface area contributed by atoms with Gasteiger partial charge in [-0.2, -0.15) is 5.10 Å². The average molecular weight is 279 g/mol. The molecule has 19 heavy (non-hydrogen) atoms. The van der Waals surface area contributed by atoms with Crippen molar-refractivity contribution in [2.45, 2.75) is 25.3 Å². The standard InChI is InChI=1S/C13H17N3O2S/c1-10-4-6-12(7-5-10)8-15-19(17,18)13-9-14-16(3)11(13)2/h4-7,9,15H,8H2,1-3H3. The van der Waals surface area contributed by atoms with Gasteiger partial charge in [-0.3, -0.25) is 4.68 Å². The van der Waals surface area contributed by atoms with Gasteiger partial charge < -0.3 is 0 Å². The van der Waals surface area contributed by atoms with E-state index in [0.717, 1.165) is 11.1 Å². The molecule has 0 aliphatic heterocycles. The van der Waals surface area contributed by atoms with E-state index in [0.29, 0.717) is 5.69 Å². The molecule has 6 heteroatoms. The molecule has 1 heterocycles. The molecular formula is C13H17N3O2S. The molecule has 0 amide bonds. The van der Waals surface area contributed by atoms with Crippen molar-refractivity contribution < 1.29 is 8.42 Å². The maximum Gasteiger partial charge on any atom is 0.244 e. The van der Waals surface area contributed by atoms with Gasteiger partial charge in [-0.15, -0.1) is 0 Å². The zero-order valence-electron chi connectivity index (χ0n) is 11.2. The van der Waals surface area contributed by atoms with Crippen LogP contribution in [0.1, 0.15) is 16.8 Å². The number of nitrogens with zero attached hydrogens (tertiary/aromatic N) is 2. The van der Waals surface area contributed by atoms with Crippen LogP contribution in [0, 0.1) is 13.8 Å². The van der Waals surface area contributed by atoms with Crippen LogP contribution in [0.4, 0.5) is 0 Å². The molecular weight excluding hydrogens is 262 g/mol. The number of nitrogens with one attached hydrogen (secondary N) is 1. The maximum absolute atomic E-state index is 12.1. The minimum atomic E-state index is -3.51. The number of aromatic nitrogens is 2. The summed E-state index contributed by atoms with van der Waals surface area (Å²) in [7, 11) is -1.80. The Labute approximate surface area is 113 Å². The van der Waals surface area contributed by atoms with Gasteiger partial charge in [-0.1, -0.05) is 29.8 Å². The summed E-state index contributed by atoms with van der Waals surface area (Å²) in [6.07, 6.45) is 1.37. The Balaban J connectivity index is 2.14. The van der Waals surface area contributed by atoms with Crippen LogP contribution in [0.5, 0.6) is 0 Å². The highest BCUT2D eigenvalue weighted by Crippen LogP contribution is 2.13. The fourth-order valence-electron chi connectivity index (χ4n) is 1.70. The molecule has 0 atom stereocenters. The predicted octanol–water partition coefficient (Wildman–Crippen LogP) is 1.52. The third-order valence-electron chi connectivity index (χ3n) is 3.07. The monoisotopic (exact) mass is 279 g/mol. The lowest BCUT2D eigenvalue weighted by molar-refractivity contribution is 0.580. The van der Waals surface area contributed by atoms with Gasteiger partial charge in [0.05, 0.1) is 11.9 Å². The van der Waals surface area contributed by atoms with Gasteiger partial charge in [0.1, 0.15) is 4.90 Å². The van der Waals surface area contributed by atoms with Crippen LogP contribution in [-0.4, -0.2) is 18.2 Å². The number of rotatable bonds is 4. The zero-order chi connectivity index (χ0) is 14.0. The van der Waals surface area contributed by atoms with E-state index < -0.39 is 10.0 Å². The van der Waals surface area contributed by atoms with Gasteiger partial charge in [0.15, 0.2) is 0 Å². The van der Waals surface area contributed by atoms with E-state index in [1.165, 1.54) is 6.20 Å². The average Bonchev–Trinajstić information content (AvgIpc) is 2.70. The summed E-state index contributed by atoms with van der Waals surface area (Å²) in [4.78, 5) is 0.224. The molecule has 0 aliphatic carbocycles. The molecule has 102 valence electrons. The van der Waals surface area contributed by atoms with Gasteiger partial charge in [0.25, 0.3) is 0 Å². The molecule has 0 aliphatic rings. The van der Waals surface area contributed by atoms with Gasteiger partial charge in [-0.05, 0) is 19.4 Å². The van der Waals surface area contributed by atoms with E-state index in [4.69, 9.17) is 0 Å². The first kappa shape index (κ1) is 13.8. The fraction of sp³-hybridized carbons (Fsp3) is 0.308. The fourth-order valence-corrected chi connectivity index (χ4v) is 2.92. The van der Waals surface area contributed by atoms with Crippen LogP contribution < -0.4 is 4.72 Å². The normalized spacial score (nSPS) is 11.7. The highest BCUT2D eigenvalue weighted by atomic mass is 32.2. The summed E-state index contributed by atoms with van der Waals surface area (Å²) < 4.78 is 28.4. The Morgan fingerprint density at radius 2 is 1.84 bits per heavy atom. The van der Waals surface area contributed by atoms with E-state index in [-0.39, 0.29) is 11.4 Å². The third kappa shape index (κ3) is 3.02. The van der Waals surface area contributed by atoms with E-state index in [9.17, 15) is 8.42 Å². The topological polar surface area (TPSA) is 64.0 Å². The van der Waals surface area contributed by atoms with Crippen LogP contribution in [-0.2, 0) is 23.6 Å². The first-order chi connectivity index (χ1) is 8.90. The van der Waals surface area contributed by atoms with E-state index in [1.807, 2.05) is 31.2 Å². The molecule has 0 saturated carbocycles. The number of aryl methyl sites for hydroxylation is 2. The molecule has 0 spiro atoms. The molecule has 1 aromatic carbocycles. The first-order valence-corrected chi connectivity index (χ1v) is 7.42. The third-order valence-corrected chi connectivity index (χ3v) is 4.57. The van der Waals surface area contributed by atoms with Crippen LogP contribution >= 0.6 is 0 Å². The smallest absolute Gasteiger partial charge is 0.244 e. The van der Waals surface area contributed by atoms with E-state index >= 15 is 0 Å². The second kappa shape index (κ2) is 5.14. The van der Waals surface area contributed by atoms with Crippen molar-refractivity contribution >= 4 is 10.0 Å². The second-order valence-electron chi connectivity index (χ2n) is 4.53. The second-order valence-corrected chi connectivity index (χ2v) is 6.26. The molecule has 2 aromatic rings. The zero-order valence-corrected chi connectivity index (χ0v) is 12.0. The molecule has 0 unspecified atom stereocenters. The van der Waals surface area contributed by atoms with E-state index in [2.05, 4.69) is 9.82 Å². The lowest BCUT2D eigenvalue weighted by atomic mass is 10.2. The van der Waals surface area contributed by atoms with E-state index in [1.54, 1.807) is 18.7 Å². The first-order valence-electron chi connectivity index (χ1n) is 5.94. The summed E-state index contributed by atoms with van der Waals surface area (Å²) in [6, 6.07) is 7.74. The predicted molar refractivity (Wildman–Crippen MR) is 73.1 cm³/mol.